The molecule has 9 nitrogen and oxygen atoms in total. The maximum Gasteiger partial charge on any atom is 0.326 e. The summed E-state index contributed by atoms with van der Waals surface area (Å²) < 4.78 is 0. The summed E-state index contributed by atoms with van der Waals surface area (Å²) in [6.45, 7) is 5.05. The van der Waals surface area contributed by atoms with Gasteiger partial charge in [0.2, 0.25) is 17.7 Å². The number of carbonyl (C=O) groups is 4. The number of carbonyl (C=O) groups excluding carboxylic acids is 3. The van der Waals surface area contributed by atoms with Crippen LogP contribution < -0.4 is 21.7 Å². The molecule has 0 saturated heterocycles. The summed E-state index contributed by atoms with van der Waals surface area (Å²) in [6.07, 6.45) is 2.29. The molecule has 0 fully saturated rings. The average molecular weight is 467 g/mol. The van der Waals surface area contributed by atoms with E-state index in [1.54, 1.807) is 38.1 Å². The third kappa shape index (κ3) is 9.27. The van der Waals surface area contributed by atoms with Crippen molar-refractivity contribution in [3.8, 4) is 0 Å². The van der Waals surface area contributed by atoms with Gasteiger partial charge in [-0.15, -0.1) is 0 Å². The fourth-order valence-electron chi connectivity index (χ4n) is 2.91. The third-order valence-electron chi connectivity index (χ3n) is 4.80. The lowest BCUT2D eigenvalue weighted by atomic mass is 10.0. The highest BCUT2D eigenvalue weighted by atomic mass is 32.2. The number of aliphatic carboxylic acids is 1. The van der Waals surface area contributed by atoms with Crippen molar-refractivity contribution in [2.75, 3.05) is 12.0 Å². The summed E-state index contributed by atoms with van der Waals surface area (Å²) in [6, 6.07) is 5.22. The molecule has 0 radical (unpaired) electrons. The van der Waals surface area contributed by atoms with Gasteiger partial charge in [0.1, 0.15) is 18.1 Å². The van der Waals surface area contributed by atoms with Crippen LogP contribution in [-0.2, 0) is 25.6 Å². The number of hydrogen-bond donors (Lipinski definition) is 5. The molecule has 0 aliphatic rings. The van der Waals surface area contributed by atoms with Gasteiger partial charge in [-0.2, -0.15) is 11.8 Å². The van der Waals surface area contributed by atoms with E-state index in [2.05, 4.69) is 16.0 Å². The number of rotatable bonds is 13. The largest absolute Gasteiger partial charge is 0.480 e. The number of amides is 3. The van der Waals surface area contributed by atoms with Crippen LogP contribution in [0.3, 0.4) is 0 Å². The topological polar surface area (TPSA) is 151 Å². The van der Waals surface area contributed by atoms with Gasteiger partial charge in [-0.05, 0) is 36.8 Å². The minimum absolute atomic E-state index is 0.115. The molecule has 178 valence electrons. The van der Waals surface area contributed by atoms with Gasteiger partial charge in [0.05, 0.1) is 6.04 Å². The number of thioether (sulfide) groups is 1. The lowest BCUT2D eigenvalue weighted by Crippen LogP contribution is -2.58. The van der Waals surface area contributed by atoms with Gasteiger partial charge >= 0.3 is 5.97 Å². The van der Waals surface area contributed by atoms with Crippen LogP contribution in [0, 0.1) is 5.92 Å². The molecule has 0 aliphatic carbocycles. The second kappa shape index (κ2) is 13.7. The molecule has 0 saturated carbocycles. The minimum atomic E-state index is -1.17. The Morgan fingerprint density at radius 2 is 1.53 bits per heavy atom. The van der Waals surface area contributed by atoms with Gasteiger partial charge in [-0.1, -0.05) is 44.2 Å². The first kappa shape index (κ1) is 27.4. The van der Waals surface area contributed by atoms with E-state index in [4.69, 9.17) is 5.73 Å². The second-order valence-electron chi connectivity index (χ2n) is 7.95. The Morgan fingerprint density at radius 1 is 0.938 bits per heavy atom. The molecule has 6 N–H and O–H groups in total. The molecule has 0 aliphatic heterocycles. The van der Waals surface area contributed by atoms with Crippen LogP contribution >= 0.6 is 11.8 Å². The summed E-state index contributed by atoms with van der Waals surface area (Å²) in [7, 11) is 0. The third-order valence-corrected chi connectivity index (χ3v) is 5.45. The molecule has 32 heavy (non-hydrogen) atoms. The smallest absolute Gasteiger partial charge is 0.326 e. The minimum Gasteiger partial charge on any atom is -0.480 e. The van der Waals surface area contributed by atoms with E-state index in [1.165, 1.54) is 18.7 Å². The highest BCUT2D eigenvalue weighted by molar-refractivity contribution is 7.98. The molecule has 1 rings (SSSR count). The van der Waals surface area contributed by atoms with E-state index in [9.17, 15) is 24.3 Å². The molecule has 0 aromatic heterocycles. The lowest BCUT2D eigenvalue weighted by Gasteiger charge is -2.26. The Labute approximate surface area is 193 Å². The predicted octanol–water partition coefficient (Wildman–Crippen LogP) is 0.524. The van der Waals surface area contributed by atoms with Crippen LogP contribution in [0.25, 0.3) is 0 Å². The van der Waals surface area contributed by atoms with Crippen molar-refractivity contribution in [1.82, 2.24) is 16.0 Å². The second-order valence-corrected chi connectivity index (χ2v) is 8.94. The first-order chi connectivity index (χ1) is 15.1. The molecule has 10 heteroatoms. The molecular formula is C22H34N4O5S. The van der Waals surface area contributed by atoms with E-state index < -0.39 is 47.9 Å². The highest BCUT2D eigenvalue weighted by Gasteiger charge is 2.31. The summed E-state index contributed by atoms with van der Waals surface area (Å²) >= 11 is 1.50. The zero-order valence-corrected chi connectivity index (χ0v) is 19.8. The Balaban J connectivity index is 2.93. The molecule has 1 aromatic carbocycles. The first-order valence-corrected chi connectivity index (χ1v) is 11.9. The van der Waals surface area contributed by atoms with Gasteiger partial charge in [0.25, 0.3) is 0 Å². The molecular weight excluding hydrogens is 432 g/mol. The number of carboxylic acid groups (broad SMARTS) is 1. The monoisotopic (exact) mass is 466 g/mol. The summed E-state index contributed by atoms with van der Waals surface area (Å²) in [5.74, 6) is -2.42. The molecule has 0 spiro atoms. The summed E-state index contributed by atoms with van der Waals surface area (Å²) in [4.78, 5) is 49.5. The van der Waals surface area contributed by atoms with Crippen molar-refractivity contribution in [3.05, 3.63) is 35.9 Å². The standard InChI is InChI=1S/C22H34N4O5S/c1-13(2)18(26-19(27)14(3)23)21(29)24-16(10-11-32-4)20(28)25-17(22(30)31)12-15-8-6-5-7-9-15/h5-9,13-14,16-18H,10-12,23H2,1-4H3,(H,24,29)(H,25,28)(H,26,27)(H,30,31). The normalized spacial score (nSPS) is 14.7. The van der Waals surface area contributed by atoms with Crippen LogP contribution in [0.1, 0.15) is 32.8 Å². The van der Waals surface area contributed by atoms with E-state index in [0.717, 1.165) is 5.56 Å². The van der Waals surface area contributed by atoms with Crippen molar-refractivity contribution in [3.63, 3.8) is 0 Å². The summed E-state index contributed by atoms with van der Waals surface area (Å²) in [5.41, 5.74) is 6.35. The Hall–Kier alpha value is -2.59. The van der Waals surface area contributed by atoms with E-state index in [-0.39, 0.29) is 12.3 Å². The number of nitrogens with one attached hydrogen (secondary N) is 3. The Kier molecular flexibility index (Phi) is 11.8. The molecule has 3 amide bonds. The Bertz CT molecular complexity index is 773. The molecule has 0 bridgehead atoms. The number of carboxylic acids is 1. The van der Waals surface area contributed by atoms with Crippen LogP contribution in [0.2, 0.25) is 0 Å². The van der Waals surface area contributed by atoms with E-state index >= 15 is 0 Å². The Morgan fingerprint density at radius 3 is 2.03 bits per heavy atom. The number of benzene rings is 1. The maximum absolute atomic E-state index is 12.9. The van der Waals surface area contributed by atoms with Crippen molar-refractivity contribution < 1.29 is 24.3 Å². The quantitative estimate of drug-likeness (QED) is 0.284. The van der Waals surface area contributed by atoms with Crippen molar-refractivity contribution in [1.29, 1.82) is 0 Å². The highest BCUT2D eigenvalue weighted by Crippen LogP contribution is 2.08. The number of hydrogen-bond acceptors (Lipinski definition) is 6. The first-order valence-electron chi connectivity index (χ1n) is 10.5. The fraction of sp³-hybridized carbons (Fsp3) is 0.545. The van der Waals surface area contributed by atoms with Gasteiger partial charge in [-0.3, -0.25) is 14.4 Å². The molecule has 1 aromatic rings. The SMILES string of the molecule is CSCCC(NC(=O)C(NC(=O)C(C)N)C(C)C)C(=O)NC(Cc1ccccc1)C(=O)O. The zero-order valence-electron chi connectivity index (χ0n) is 19.0. The molecule has 0 heterocycles. The van der Waals surface area contributed by atoms with Gasteiger partial charge in [0, 0.05) is 6.42 Å². The van der Waals surface area contributed by atoms with Crippen LogP contribution in [0.15, 0.2) is 30.3 Å². The maximum atomic E-state index is 12.9. The van der Waals surface area contributed by atoms with Crippen LogP contribution in [0.4, 0.5) is 0 Å². The fourth-order valence-corrected chi connectivity index (χ4v) is 3.38. The van der Waals surface area contributed by atoms with Crippen LogP contribution in [0.5, 0.6) is 0 Å². The predicted molar refractivity (Wildman–Crippen MR) is 125 cm³/mol. The van der Waals surface area contributed by atoms with E-state index in [1.807, 2.05) is 12.3 Å². The van der Waals surface area contributed by atoms with Crippen molar-refractivity contribution in [2.24, 2.45) is 11.7 Å². The molecule has 4 unspecified atom stereocenters. The van der Waals surface area contributed by atoms with Crippen molar-refractivity contribution >= 4 is 35.5 Å². The molecule has 4 atom stereocenters. The summed E-state index contributed by atoms with van der Waals surface area (Å²) in [5, 5.41) is 17.4. The van der Waals surface area contributed by atoms with Crippen LogP contribution in [-0.4, -0.2) is 65.0 Å². The van der Waals surface area contributed by atoms with Crippen molar-refractivity contribution in [2.45, 2.75) is 57.8 Å². The van der Waals surface area contributed by atoms with Gasteiger partial charge < -0.3 is 26.8 Å². The van der Waals surface area contributed by atoms with Gasteiger partial charge in [-0.25, -0.2) is 4.79 Å². The van der Waals surface area contributed by atoms with Gasteiger partial charge in [0.15, 0.2) is 0 Å². The number of nitrogens with two attached hydrogens (primary N) is 1. The lowest BCUT2D eigenvalue weighted by molar-refractivity contribution is -0.142. The van der Waals surface area contributed by atoms with E-state index in [0.29, 0.717) is 12.2 Å². The zero-order chi connectivity index (χ0) is 24.3. The average Bonchev–Trinajstić information content (AvgIpc) is 2.74.